The maximum atomic E-state index is 13.9. The highest BCUT2D eigenvalue weighted by molar-refractivity contribution is 6.30. The summed E-state index contributed by atoms with van der Waals surface area (Å²) in [6, 6.07) is 19.8. The summed E-state index contributed by atoms with van der Waals surface area (Å²) < 4.78 is 19.6. The molecule has 0 unspecified atom stereocenters. The van der Waals surface area contributed by atoms with Gasteiger partial charge in [0.1, 0.15) is 18.2 Å². The highest BCUT2D eigenvalue weighted by atomic mass is 35.5. The largest absolute Gasteiger partial charge is 0.489 e. The predicted molar refractivity (Wildman–Crippen MR) is 101 cm³/mol. The third-order valence-corrected chi connectivity index (χ3v) is 3.96. The molecule has 0 atom stereocenters. The Kier molecular flexibility index (Phi) is 5.70. The van der Waals surface area contributed by atoms with Gasteiger partial charge in [0.05, 0.1) is 17.2 Å². The number of hydrogen-bond donors (Lipinski definition) is 1. The first kappa shape index (κ1) is 18.4. The molecular weight excluding hydrogens is 367 g/mol. The fourth-order valence-electron chi connectivity index (χ4n) is 2.43. The predicted octanol–water partition coefficient (Wildman–Crippen LogP) is 5.18. The molecule has 0 spiro atoms. The summed E-state index contributed by atoms with van der Waals surface area (Å²) in [5, 5.41) is 11.8. The number of hydrogen-bond acceptors (Lipinski definition) is 3. The fourth-order valence-corrected chi connectivity index (χ4v) is 2.59. The van der Waals surface area contributed by atoms with Gasteiger partial charge < -0.3 is 10.1 Å². The maximum Gasteiger partial charge on any atom is 0.258 e. The van der Waals surface area contributed by atoms with Crippen LogP contribution in [-0.2, 0) is 6.61 Å². The van der Waals surface area contributed by atoms with Crippen LogP contribution in [0.4, 0.5) is 10.1 Å². The Bertz CT molecular complexity index is 1030. The monoisotopic (exact) mass is 380 g/mol. The Morgan fingerprint density at radius 3 is 2.70 bits per heavy atom. The normalized spacial score (nSPS) is 10.1. The SMILES string of the molecule is N#Cc1cccc(COc2cccc(NC(=O)c3ccc(Cl)cc3F)c2)c1. The third kappa shape index (κ3) is 4.84. The van der Waals surface area contributed by atoms with Crippen molar-refractivity contribution in [3.8, 4) is 11.8 Å². The van der Waals surface area contributed by atoms with E-state index in [1.54, 1.807) is 42.5 Å². The van der Waals surface area contributed by atoms with Gasteiger partial charge in [-0.15, -0.1) is 0 Å². The number of nitriles is 1. The Labute approximate surface area is 160 Å². The molecule has 134 valence electrons. The molecule has 0 saturated heterocycles. The number of carbonyl (C=O) groups excluding carboxylic acids is 1. The van der Waals surface area contributed by atoms with E-state index >= 15 is 0 Å². The van der Waals surface area contributed by atoms with Crippen LogP contribution in [0.3, 0.4) is 0 Å². The van der Waals surface area contributed by atoms with Crippen LogP contribution >= 0.6 is 11.6 Å². The average molecular weight is 381 g/mol. The molecule has 3 aromatic carbocycles. The lowest BCUT2D eigenvalue weighted by Gasteiger charge is -2.10. The minimum Gasteiger partial charge on any atom is -0.489 e. The molecule has 0 heterocycles. The van der Waals surface area contributed by atoms with Crippen LogP contribution < -0.4 is 10.1 Å². The Hall–Kier alpha value is -3.36. The van der Waals surface area contributed by atoms with Crippen molar-refractivity contribution < 1.29 is 13.9 Å². The molecule has 1 N–H and O–H groups in total. The number of halogens is 2. The molecule has 6 heteroatoms. The van der Waals surface area contributed by atoms with E-state index in [1.807, 2.05) is 6.07 Å². The Morgan fingerprint density at radius 1 is 1.11 bits per heavy atom. The van der Waals surface area contributed by atoms with E-state index in [-0.39, 0.29) is 17.2 Å². The molecule has 0 saturated carbocycles. The number of amides is 1. The number of ether oxygens (including phenoxy) is 1. The number of carbonyl (C=O) groups is 1. The molecule has 0 radical (unpaired) electrons. The molecule has 0 fully saturated rings. The van der Waals surface area contributed by atoms with Gasteiger partial charge in [-0.3, -0.25) is 4.79 Å². The zero-order valence-electron chi connectivity index (χ0n) is 14.1. The summed E-state index contributed by atoms with van der Waals surface area (Å²) in [6.07, 6.45) is 0. The van der Waals surface area contributed by atoms with Crippen molar-refractivity contribution in [2.75, 3.05) is 5.32 Å². The van der Waals surface area contributed by atoms with Gasteiger partial charge in [-0.05, 0) is 48.0 Å². The maximum absolute atomic E-state index is 13.9. The summed E-state index contributed by atoms with van der Waals surface area (Å²) in [4.78, 5) is 12.2. The molecule has 0 aliphatic carbocycles. The quantitative estimate of drug-likeness (QED) is 0.663. The summed E-state index contributed by atoms with van der Waals surface area (Å²) in [7, 11) is 0. The molecule has 0 aliphatic rings. The lowest BCUT2D eigenvalue weighted by Crippen LogP contribution is -2.13. The molecule has 0 bridgehead atoms. The van der Waals surface area contributed by atoms with Gasteiger partial charge >= 0.3 is 0 Å². The van der Waals surface area contributed by atoms with Gasteiger partial charge in [0, 0.05) is 16.8 Å². The number of nitrogens with zero attached hydrogens (tertiary/aromatic N) is 1. The summed E-state index contributed by atoms with van der Waals surface area (Å²) in [5.74, 6) is -0.737. The zero-order valence-corrected chi connectivity index (χ0v) is 14.8. The standard InChI is InChI=1S/C21H14ClFN2O2/c22-16-7-8-19(20(23)10-16)21(26)25-17-5-2-6-18(11-17)27-13-15-4-1-3-14(9-15)12-24/h1-11H,13H2,(H,25,26). The first-order valence-corrected chi connectivity index (χ1v) is 8.41. The number of rotatable bonds is 5. The van der Waals surface area contributed by atoms with Crippen molar-refractivity contribution in [1.29, 1.82) is 5.26 Å². The van der Waals surface area contributed by atoms with Crippen molar-refractivity contribution in [2.24, 2.45) is 0 Å². The molecule has 1 amide bonds. The Morgan fingerprint density at radius 2 is 1.93 bits per heavy atom. The van der Waals surface area contributed by atoms with Crippen LogP contribution in [-0.4, -0.2) is 5.91 Å². The van der Waals surface area contributed by atoms with Crippen molar-refractivity contribution in [3.63, 3.8) is 0 Å². The topological polar surface area (TPSA) is 62.1 Å². The van der Waals surface area contributed by atoms with E-state index in [1.165, 1.54) is 12.1 Å². The second-order valence-corrected chi connectivity index (χ2v) is 6.14. The zero-order chi connectivity index (χ0) is 19.2. The van der Waals surface area contributed by atoms with E-state index in [0.29, 0.717) is 17.0 Å². The molecule has 0 aliphatic heterocycles. The van der Waals surface area contributed by atoms with Gasteiger partial charge in [-0.25, -0.2) is 4.39 Å². The van der Waals surface area contributed by atoms with Crippen molar-refractivity contribution >= 4 is 23.2 Å². The fraction of sp³-hybridized carbons (Fsp3) is 0.0476. The number of benzene rings is 3. The smallest absolute Gasteiger partial charge is 0.258 e. The van der Waals surface area contributed by atoms with Crippen LogP contribution in [0.5, 0.6) is 5.75 Å². The van der Waals surface area contributed by atoms with Crippen LogP contribution in [0.2, 0.25) is 5.02 Å². The van der Waals surface area contributed by atoms with Crippen LogP contribution in [0.15, 0.2) is 66.7 Å². The van der Waals surface area contributed by atoms with Gasteiger partial charge in [-0.2, -0.15) is 5.26 Å². The lowest BCUT2D eigenvalue weighted by atomic mass is 10.1. The van der Waals surface area contributed by atoms with E-state index in [9.17, 15) is 9.18 Å². The molecule has 0 aromatic heterocycles. The van der Waals surface area contributed by atoms with Crippen LogP contribution in [0.1, 0.15) is 21.5 Å². The van der Waals surface area contributed by atoms with Gasteiger partial charge in [-0.1, -0.05) is 29.8 Å². The summed E-state index contributed by atoms with van der Waals surface area (Å²) >= 11 is 5.70. The second-order valence-electron chi connectivity index (χ2n) is 5.71. The van der Waals surface area contributed by atoms with Crippen molar-refractivity contribution in [3.05, 3.63) is 94.3 Å². The summed E-state index contributed by atoms with van der Waals surface area (Å²) in [6.45, 7) is 0.277. The minimum atomic E-state index is -0.690. The van der Waals surface area contributed by atoms with Gasteiger partial charge in [0.25, 0.3) is 5.91 Å². The van der Waals surface area contributed by atoms with Gasteiger partial charge in [0.15, 0.2) is 0 Å². The van der Waals surface area contributed by atoms with E-state index in [2.05, 4.69) is 11.4 Å². The molecule has 3 aromatic rings. The molecule has 4 nitrogen and oxygen atoms in total. The van der Waals surface area contributed by atoms with Crippen molar-refractivity contribution in [1.82, 2.24) is 0 Å². The third-order valence-electron chi connectivity index (χ3n) is 3.73. The first-order valence-electron chi connectivity index (χ1n) is 8.03. The van der Waals surface area contributed by atoms with E-state index in [0.717, 1.165) is 11.6 Å². The van der Waals surface area contributed by atoms with Gasteiger partial charge in [0.2, 0.25) is 0 Å². The highest BCUT2D eigenvalue weighted by Crippen LogP contribution is 2.21. The minimum absolute atomic E-state index is 0.0981. The first-order chi connectivity index (χ1) is 13.0. The molecule has 3 rings (SSSR count). The number of nitrogens with one attached hydrogen (secondary N) is 1. The highest BCUT2D eigenvalue weighted by Gasteiger charge is 2.12. The van der Waals surface area contributed by atoms with Crippen LogP contribution in [0, 0.1) is 17.1 Å². The average Bonchev–Trinajstić information content (AvgIpc) is 2.66. The molecular formula is C21H14ClFN2O2. The summed E-state index contributed by atoms with van der Waals surface area (Å²) in [5.41, 5.74) is 1.78. The Balaban J connectivity index is 1.68. The van der Waals surface area contributed by atoms with E-state index < -0.39 is 11.7 Å². The van der Waals surface area contributed by atoms with E-state index in [4.69, 9.17) is 21.6 Å². The number of anilines is 1. The lowest BCUT2D eigenvalue weighted by molar-refractivity contribution is 0.102. The van der Waals surface area contributed by atoms with Crippen LogP contribution in [0.25, 0.3) is 0 Å². The molecule has 27 heavy (non-hydrogen) atoms. The van der Waals surface area contributed by atoms with Crippen molar-refractivity contribution in [2.45, 2.75) is 6.61 Å². The second kappa shape index (κ2) is 8.35.